The highest BCUT2D eigenvalue weighted by molar-refractivity contribution is 5.83. The van der Waals surface area contributed by atoms with Crippen molar-refractivity contribution in [3.05, 3.63) is 71.9 Å². The summed E-state index contributed by atoms with van der Waals surface area (Å²) in [6.45, 7) is 2.30. The number of H-pyrrole nitrogens is 1. The molecule has 4 rings (SSSR count). The molecule has 0 bridgehead atoms. The maximum absolute atomic E-state index is 3.41. The molecule has 1 fully saturated rings. The fraction of sp³-hybridized carbons (Fsp3) is 0.300. The van der Waals surface area contributed by atoms with Crippen LogP contribution in [-0.4, -0.2) is 22.5 Å². The Labute approximate surface area is 131 Å². The number of nitrogens with one attached hydrogen (secondary N) is 1. The van der Waals surface area contributed by atoms with Crippen molar-refractivity contribution < 1.29 is 0 Å². The van der Waals surface area contributed by atoms with Gasteiger partial charge in [-0.25, -0.2) is 0 Å². The summed E-state index contributed by atoms with van der Waals surface area (Å²) in [6.07, 6.45) is 5.98. The van der Waals surface area contributed by atoms with Crippen molar-refractivity contribution in [2.45, 2.75) is 31.8 Å². The van der Waals surface area contributed by atoms with Gasteiger partial charge in [-0.05, 0) is 43.0 Å². The van der Waals surface area contributed by atoms with E-state index in [1.165, 1.54) is 41.4 Å². The lowest BCUT2D eigenvalue weighted by Crippen LogP contribution is -2.30. The molecule has 0 spiro atoms. The van der Waals surface area contributed by atoms with Gasteiger partial charge in [-0.2, -0.15) is 0 Å². The quantitative estimate of drug-likeness (QED) is 0.755. The molecule has 1 saturated heterocycles. The van der Waals surface area contributed by atoms with Gasteiger partial charge in [-0.1, -0.05) is 48.5 Å². The van der Waals surface area contributed by atoms with Crippen molar-refractivity contribution >= 4 is 10.9 Å². The van der Waals surface area contributed by atoms with Crippen molar-refractivity contribution in [3.63, 3.8) is 0 Å². The fourth-order valence-electron chi connectivity index (χ4n) is 3.71. The Morgan fingerprint density at radius 2 is 1.82 bits per heavy atom. The standard InChI is InChI=1S/C20H22N2/c1-2-7-16(8-3-1)15-22-12-6-9-18(22)13-17-14-21-20-11-5-4-10-19(17)20/h1-5,7-8,10-11,14,18,21H,6,9,12-13,15H2. The van der Waals surface area contributed by atoms with Crippen LogP contribution in [0.5, 0.6) is 0 Å². The van der Waals surface area contributed by atoms with Crippen LogP contribution in [0.15, 0.2) is 60.8 Å². The SMILES string of the molecule is c1ccc(CN2CCCC2Cc2c[nH]c3ccccc23)cc1. The molecule has 2 nitrogen and oxygen atoms in total. The Bertz CT molecular complexity index is 745. The maximum atomic E-state index is 3.41. The molecule has 0 aliphatic carbocycles. The zero-order valence-electron chi connectivity index (χ0n) is 12.8. The Balaban J connectivity index is 1.52. The maximum Gasteiger partial charge on any atom is 0.0456 e. The Morgan fingerprint density at radius 1 is 1.00 bits per heavy atom. The minimum absolute atomic E-state index is 0.666. The predicted molar refractivity (Wildman–Crippen MR) is 91.9 cm³/mol. The van der Waals surface area contributed by atoms with Crippen molar-refractivity contribution in [2.75, 3.05) is 6.54 Å². The first kappa shape index (κ1) is 13.6. The second-order valence-corrected chi connectivity index (χ2v) is 6.32. The van der Waals surface area contributed by atoms with Crippen molar-refractivity contribution in [3.8, 4) is 0 Å². The van der Waals surface area contributed by atoms with E-state index in [0.717, 1.165) is 13.0 Å². The van der Waals surface area contributed by atoms with E-state index in [1.807, 2.05) is 0 Å². The molecular weight excluding hydrogens is 268 g/mol. The Kier molecular flexibility index (Phi) is 3.69. The molecule has 0 radical (unpaired) electrons. The molecule has 1 atom stereocenters. The smallest absolute Gasteiger partial charge is 0.0456 e. The molecule has 2 aromatic carbocycles. The topological polar surface area (TPSA) is 19.0 Å². The van der Waals surface area contributed by atoms with Crippen LogP contribution in [0, 0.1) is 0 Å². The largest absolute Gasteiger partial charge is 0.361 e. The summed E-state index contributed by atoms with van der Waals surface area (Å²) in [5.41, 5.74) is 4.14. The number of para-hydroxylation sites is 1. The van der Waals surface area contributed by atoms with E-state index >= 15 is 0 Å². The van der Waals surface area contributed by atoms with Crippen LogP contribution in [0.25, 0.3) is 10.9 Å². The van der Waals surface area contributed by atoms with Gasteiger partial charge in [0.25, 0.3) is 0 Å². The summed E-state index contributed by atoms with van der Waals surface area (Å²) in [5.74, 6) is 0. The molecule has 1 N–H and O–H groups in total. The number of aromatic nitrogens is 1. The summed E-state index contributed by atoms with van der Waals surface area (Å²) >= 11 is 0. The van der Waals surface area contributed by atoms with Gasteiger partial charge in [-0.3, -0.25) is 4.90 Å². The van der Waals surface area contributed by atoms with Crippen LogP contribution < -0.4 is 0 Å². The molecule has 2 heteroatoms. The Morgan fingerprint density at radius 3 is 2.73 bits per heavy atom. The average Bonchev–Trinajstić information content (AvgIpc) is 3.17. The van der Waals surface area contributed by atoms with Crippen molar-refractivity contribution in [1.29, 1.82) is 0 Å². The minimum Gasteiger partial charge on any atom is -0.361 e. The number of aromatic amines is 1. The van der Waals surface area contributed by atoms with Gasteiger partial charge in [0, 0.05) is 29.7 Å². The average molecular weight is 290 g/mol. The number of benzene rings is 2. The highest BCUT2D eigenvalue weighted by Gasteiger charge is 2.25. The normalized spacial score (nSPS) is 19.0. The molecular formula is C20H22N2. The van der Waals surface area contributed by atoms with E-state index in [9.17, 15) is 0 Å². The lowest BCUT2D eigenvalue weighted by Gasteiger charge is -2.24. The summed E-state index contributed by atoms with van der Waals surface area (Å²) < 4.78 is 0. The van der Waals surface area contributed by atoms with Gasteiger partial charge in [0.2, 0.25) is 0 Å². The van der Waals surface area contributed by atoms with Crippen LogP contribution in [-0.2, 0) is 13.0 Å². The van der Waals surface area contributed by atoms with Crippen LogP contribution in [0.2, 0.25) is 0 Å². The zero-order valence-corrected chi connectivity index (χ0v) is 12.8. The molecule has 112 valence electrons. The first-order valence-corrected chi connectivity index (χ1v) is 8.23. The molecule has 1 unspecified atom stereocenters. The molecule has 22 heavy (non-hydrogen) atoms. The van der Waals surface area contributed by atoms with Gasteiger partial charge in [-0.15, -0.1) is 0 Å². The second-order valence-electron chi connectivity index (χ2n) is 6.32. The number of rotatable bonds is 4. The van der Waals surface area contributed by atoms with Crippen LogP contribution in [0.4, 0.5) is 0 Å². The van der Waals surface area contributed by atoms with E-state index in [4.69, 9.17) is 0 Å². The molecule has 0 saturated carbocycles. The first-order chi connectivity index (χ1) is 10.9. The monoisotopic (exact) mass is 290 g/mol. The van der Waals surface area contributed by atoms with E-state index in [0.29, 0.717) is 6.04 Å². The fourth-order valence-corrected chi connectivity index (χ4v) is 3.71. The zero-order chi connectivity index (χ0) is 14.8. The van der Waals surface area contributed by atoms with E-state index < -0.39 is 0 Å². The molecule has 3 aromatic rings. The summed E-state index contributed by atoms with van der Waals surface area (Å²) in [5, 5.41) is 1.38. The second kappa shape index (κ2) is 5.98. The third kappa shape index (κ3) is 2.67. The molecule has 2 heterocycles. The number of nitrogens with zero attached hydrogens (tertiary/aromatic N) is 1. The lowest BCUT2D eigenvalue weighted by atomic mass is 10.0. The molecule has 1 aromatic heterocycles. The van der Waals surface area contributed by atoms with E-state index in [-0.39, 0.29) is 0 Å². The Hall–Kier alpha value is -2.06. The lowest BCUT2D eigenvalue weighted by molar-refractivity contribution is 0.244. The van der Waals surface area contributed by atoms with Crippen molar-refractivity contribution in [1.82, 2.24) is 9.88 Å². The van der Waals surface area contributed by atoms with Crippen LogP contribution in [0.3, 0.4) is 0 Å². The van der Waals surface area contributed by atoms with E-state index in [2.05, 4.69) is 70.7 Å². The van der Waals surface area contributed by atoms with Gasteiger partial charge in [0.15, 0.2) is 0 Å². The minimum atomic E-state index is 0.666. The highest BCUT2D eigenvalue weighted by atomic mass is 15.2. The molecule has 1 aliphatic rings. The predicted octanol–water partition coefficient (Wildman–Crippen LogP) is 4.38. The number of hydrogen-bond acceptors (Lipinski definition) is 1. The van der Waals surface area contributed by atoms with E-state index in [1.54, 1.807) is 0 Å². The third-order valence-corrected chi connectivity index (χ3v) is 4.86. The summed E-state index contributed by atoms with van der Waals surface area (Å²) in [4.78, 5) is 6.06. The molecule has 0 amide bonds. The van der Waals surface area contributed by atoms with Gasteiger partial charge in [0.05, 0.1) is 0 Å². The van der Waals surface area contributed by atoms with Crippen LogP contribution >= 0.6 is 0 Å². The number of hydrogen-bond donors (Lipinski definition) is 1. The highest BCUT2D eigenvalue weighted by Crippen LogP contribution is 2.26. The van der Waals surface area contributed by atoms with Gasteiger partial charge in [0.1, 0.15) is 0 Å². The van der Waals surface area contributed by atoms with Crippen LogP contribution in [0.1, 0.15) is 24.0 Å². The first-order valence-electron chi connectivity index (χ1n) is 8.23. The molecule has 1 aliphatic heterocycles. The summed E-state index contributed by atoms with van der Waals surface area (Å²) in [7, 11) is 0. The third-order valence-electron chi connectivity index (χ3n) is 4.86. The van der Waals surface area contributed by atoms with Gasteiger partial charge < -0.3 is 4.98 Å². The number of fused-ring (bicyclic) bond motifs is 1. The van der Waals surface area contributed by atoms with Crippen molar-refractivity contribution in [2.24, 2.45) is 0 Å². The van der Waals surface area contributed by atoms with Gasteiger partial charge >= 0.3 is 0 Å². The number of likely N-dealkylation sites (tertiary alicyclic amines) is 1. The summed E-state index contributed by atoms with van der Waals surface area (Å²) in [6, 6.07) is 20.1.